The van der Waals surface area contributed by atoms with Crippen molar-refractivity contribution < 1.29 is 14.3 Å². The number of para-hydroxylation sites is 1. The van der Waals surface area contributed by atoms with Crippen LogP contribution in [-0.2, 0) is 0 Å². The average molecular weight is 424 g/mol. The van der Waals surface area contributed by atoms with Crippen LogP contribution in [0.15, 0.2) is 42.5 Å². The molecule has 0 aromatic heterocycles. The molecule has 0 radical (unpaired) electrons. The maximum Gasteiger partial charge on any atom is 0.255 e. The molecule has 0 heterocycles. The van der Waals surface area contributed by atoms with Gasteiger partial charge in [0.15, 0.2) is 0 Å². The van der Waals surface area contributed by atoms with E-state index in [1.807, 2.05) is 6.92 Å². The summed E-state index contributed by atoms with van der Waals surface area (Å²) in [5, 5.41) is 5.52. The van der Waals surface area contributed by atoms with Crippen LogP contribution in [0.1, 0.15) is 27.6 Å². The summed E-state index contributed by atoms with van der Waals surface area (Å²) in [6, 6.07) is 12.1. The van der Waals surface area contributed by atoms with Gasteiger partial charge in [-0.2, -0.15) is 0 Å². The van der Waals surface area contributed by atoms with Crippen molar-refractivity contribution in [2.75, 3.05) is 19.0 Å². The normalized spacial score (nSPS) is 10.0. The smallest absolute Gasteiger partial charge is 0.255 e. The van der Waals surface area contributed by atoms with Gasteiger partial charge in [-0.1, -0.05) is 12.1 Å². The number of carbonyl (C=O) groups excluding carboxylic acids is 2. The second-order valence-electron chi connectivity index (χ2n) is 4.71. The van der Waals surface area contributed by atoms with Gasteiger partial charge in [0.1, 0.15) is 5.75 Å². The maximum atomic E-state index is 12.4. The van der Waals surface area contributed by atoms with Crippen LogP contribution in [-0.4, -0.2) is 25.5 Å². The largest absolute Gasteiger partial charge is 0.496 e. The molecule has 0 aliphatic carbocycles. The molecule has 5 nitrogen and oxygen atoms in total. The van der Waals surface area contributed by atoms with Gasteiger partial charge in [0.25, 0.3) is 11.8 Å². The fourth-order valence-electron chi connectivity index (χ4n) is 2.05. The molecule has 0 fully saturated rings. The second kappa shape index (κ2) is 7.96. The summed E-state index contributed by atoms with van der Waals surface area (Å²) < 4.78 is 6.03. The first-order valence-corrected chi connectivity index (χ1v) is 8.16. The summed E-state index contributed by atoms with van der Waals surface area (Å²) in [6.45, 7) is 2.37. The molecular weight excluding hydrogens is 407 g/mol. The number of ether oxygens (including phenoxy) is 1. The van der Waals surface area contributed by atoms with Gasteiger partial charge in [-0.25, -0.2) is 0 Å². The number of benzene rings is 2. The number of nitrogens with one attached hydrogen (secondary N) is 2. The average Bonchev–Trinajstić information content (AvgIpc) is 2.55. The highest BCUT2D eigenvalue weighted by molar-refractivity contribution is 14.1. The summed E-state index contributed by atoms with van der Waals surface area (Å²) in [6.07, 6.45) is 0. The third-order valence-electron chi connectivity index (χ3n) is 3.17. The summed E-state index contributed by atoms with van der Waals surface area (Å²) in [4.78, 5) is 24.5. The van der Waals surface area contributed by atoms with Gasteiger partial charge in [-0.3, -0.25) is 9.59 Å². The molecule has 120 valence electrons. The van der Waals surface area contributed by atoms with E-state index in [1.165, 1.54) is 0 Å². The van der Waals surface area contributed by atoms with Crippen molar-refractivity contribution in [2.24, 2.45) is 0 Å². The quantitative estimate of drug-likeness (QED) is 0.724. The summed E-state index contributed by atoms with van der Waals surface area (Å²) in [7, 11) is 1.58. The van der Waals surface area contributed by atoms with Crippen LogP contribution in [0, 0.1) is 3.57 Å². The van der Waals surface area contributed by atoms with Crippen molar-refractivity contribution in [1.82, 2.24) is 5.32 Å². The minimum Gasteiger partial charge on any atom is -0.496 e. The van der Waals surface area contributed by atoms with Crippen molar-refractivity contribution in [3.63, 3.8) is 0 Å². The van der Waals surface area contributed by atoms with Gasteiger partial charge in [-0.05, 0) is 59.8 Å². The van der Waals surface area contributed by atoms with Gasteiger partial charge in [0.05, 0.1) is 21.9 Å². The predicted octanol–water partition coefficient (Wildman–Crippen LogP) is 3.30. The number of halogens is 1. The minimum atomic E-state index is -0.276. The number of carbonyl (C=O) groups is 2. The first kappa shape index (κ1) is 17.3. The van der Waals surface area contributed by atoms with Crippen LogP contribution in [0.5, 0.6) is 5.75 Å². The van der Waals surface area contributed by atoms with Crippen LogP contribution >= 0.6 is 22.6 Å². The highest BCUT2D eigenvalue weighted by atomic mass is 127. The predicted molar refractivity (Wildman–Crippen MR) is 98.1 cm³/mol. The minimum absolute atomic E-state index is 0.215. The number of rotatable bonds is 5. The van der Waals surface area contributed by atoms with Crippen LogP contribution in [0.4, 0.5) is 5.69 Å². The first-order valence-electron chi connectivity index (χ1n) is 7.09. The van der Waals surface area contributed by atoms with Crippen LogP contribution in [0.3, 0.4) is 0 Å². The van der Waals surface area contributed by atoms with E-state index in [0.717, 1.165) is 3.57 Å². The van der Waals surface area contributed by atoms with E-state index < -0.39 is 0 Å². The fraction of sp³-hybridized carbons (Fsp3) is 0.176. The molecule has 2 rings (SSSR count). The van der Waals surface area contributed by atoms with Gasteiger partial charge < -0.3 is 15.4 Å². The lowest BCUT2D eigenvalue weighted by molar-refractivity contribution is 0.0956. The lowest BCUT2D eigenvalue weighted by Crippen LogP contribution is -2.24. The van der Waals surface area contributed by atoms with Gasteiger partial charge >= 0.3 is 0 Å². The highest BCUT2D eigenvalue weighted by Crippen LogP contribution is 2.23. The van der Waals surface area contributed by atoms with Crippen molar-refractivity contribution in [3.05, 3.63) is 57.2 Å². The number of amides is 2. The summed E-state index contributed by atoms with van der Waals surface area (Å²) in [5.74, 6) is 0.222. The van der Waals surface area contributed by atoms with E-state index >= 15 is 0 Å². The number of hydrogen-bond donors (Lipinski definition) is 2. The third kappa shape index (κ3) is 4.22. The zero-order valence-corrected chi connectivity index (χ0v) is 15.0. The monoisotopic (exact) mass is 424 g/mol. The van der Waals surface area contributed by atoms with Crippen molar-refractivity contribution in [2.45, 2.75) is 6.92 Å². The first-order chi connectivity index (χ1) is 11.1. The summed E-state index contributed by atoms with van der Waals surface area (Å²) in [5.41, 5.74) is 1.42. The SMILES string of the molecule is CCNC(=O)c1ccccc1NC(=O)c1ccc(OC)c(I)c1. The van der Waals surface area contributed by atoms with Crippen LogP contribution in [0.25, 0.3) is 0 Å². The Kier molecular flexibility index (Phi) is 5.97. The van der Waals surface area contributed by atoms with Crippen molar-refractivity contribution >= 4 is 40.1 Å². The Balaban J connectivity index is 2.24. The lowest BCUT2D eigenvalue weighted by atomic mass is 10.1. The number of hydrogen-bond acceptors (Lipinski definition) is 3. The lowest BCUT2D eigenvalue weighted by Gasteiger charge is -2.11. The van der Waals surface area contributed by atoms with Gasteiger partial charge in [0, 0.05) is 12.1 Å². The van der Waals surface area contributed by atoms with Crippen LogP contribution in [0.2, 0.25) is 0 Å². The molecule has 2 aromatic rings. The van der Waals surface area contributed by atoms with Gasteiger partial charge in [0.2, 0.25) is 0 Å². The molecule has 0 aliphatic heterocycles. The molecule has 0 aliphatic rings. The molecule has 23 heavy (non-hydrogen) atoms. The highest BCUT2D eigenvalue weighted by Gasteiger charge is 2.14. The van der Waals surface area contributed by atoms with E-state index in [1.54, 1.807) is 49.6 Å². The Morgan fingerprint density at radius 2 is 1.87 bits per heavy atom. The molecule has 0 saturated carbocycles. The third-order valence-corrected chi connectivity index (χ3v) is 4.01. The Labute approximate surface area is 148 Å². The number of anilines is 1. The van der Waals surface area contributed by atoms with E-state index in [2.05, 4.69) is 33.2 Å². The fourth-order valence-corrected chi connectivity index (χ4v) is 2.78. The van der Waals surface area contributed by atoms with E-state index in [0.29, 0.717) is 29.1 Å². The van der Waals surface area contributed by atoms with Crippen molar-refractivity contribution in [3.8, 4) is 5.75 Å². The standard InChI is InChI=1S/C17H17IN2O3/c1-3-19-17(22)12-6-4-5-7-14(12)20-16(21)11-8-9-15(23-2)13(18)10-11/h4-10H,3H2,1-2H3,(H,19,22)(H,20,21). The molecule has 0 unspecified atom stereocenters. The molecular formula is C17H17IN2O3. The zero-order chi connectivity index (χ0) is 16.8. The second-order valence-corrected chi connectivity index (χ2v) is 5.87. The van der Waals surface area contributed by atoms with Gasteiger partial charge in [-0.15, -0.1) is 0 Å². The number of methoxy groups -OCH3 is 1. The Hall–Kier alpha value is -2.09. The molecule has 0 saturated heterocycles. The molecule has 2 aromatic carbocycles. The molecule has 2 amide bonds. The topological polar surface area (TPSA) is 67.4 Å². The molecule has 0 spiro atoms. The molecule has 0 bridgehead atoms. The van der Waals surface area contributed by atoms with E-state index in [4.69, 9.17) is 4.74 Å². The molecule has 0 atom stereocenters. The molecule has 6 heteroatoms. The maximum absolute atomic E-state index is 12.4. The Morgan fingerprint density at radius 3 is 2.52 bits per heavy atom. The van der Waals surface area contributed by atoms with Crippen molar-refractivity contribution in [1.29, 1.82) is 0 Å². The molecule has 2 N–H and O–H groups in total. The van der Waals surface area contributed by atoms with E-state index in [-0.39, 0.29) is 11.8 Å². The van der Waals surface area contributed by atoms with Crippen LogP contribution < -0.4 is 15.4 Å². The Bertz CT molecular complexity index is 732. The van der Waals surface area contributed by atoms with E-state index in [9.17, 15) is 9.59 Å². The zero-order valence-electron chi connectivity index (χ0n) is 12.9. The Morgan fingerprint density at radius 1 is 1.13 bits per heavy atom. The summed E-state index contributed by atoms with van der Waals surface area (Å²) >= 11 is 2.11.